The molecule has 8 nitrogen and oxygen atoms in total. The molecule has 23 heavy (non-hydrogen) atoms. The molecule has 1 aliphatic heterocycles. The lowest BCUT2D eigenvalue weighted by Gasteiger charge is -2.25. The normalized spacial score (nSPS) is 18.9. The third-order valence-electron chi connectivity index (χ3n) is 3.62. The van der Waals surface area contributed by atoms with Crippen LogP contribution >= 0.6 is 0 Å². The molecule has 1 amide bonds. The quantitative estimate of drug-likeness (QED) is 0.728. The number of pyridine rings is 1. The fourth-order valence-corrected chi connectivity index (χ4v) is 3.92. The van der Waals surface area contributed by atoms with E-state index in [1.54, 1.807) is 0 Å². The summed E-state index contributed by atoms with van der Waals surface area (Å²) in [6, 6.07) is 2.67. The van der Waals surface area contributed by atoms with Crippen LogP contribution in [0, 0.1) is 0 Å². The molecule has 2 heterocycles. The van der Waals surface area contributed by atoms with Crippen LogP contribution in [0.5, 0.6) is 0 Å². The third kappa shape index (κ3) is 2.24. The Morgan fingerprint density at radius 2 is 1.91 bits per heavy atom. The Morgan fingerprint density at radius 3 is 2.57 bits per heavy atom. The van der Waals surface area contributed by atoms with Crippen LogP contribution in [0.1, 0.15) is 31.3 Å². The Hall–Kier alpha value is -2.55. The van der Waals surface area contributed by atoms with Crippen LogP contribution in [-0.4, -0.2) is 62.2 Å². The fourth-order valence-electron chi connectivity index (χ4n) is 2.49. The lowest BCUT2D eigenvalue weighted by atomic mass is 9.96. The number of rotatable bonds is 1. The number of nitrogens with zero attached hydrogens (tertiary/aromatic N) is 2. The second-order valence-electron chi connectivity index (χ2n) is 5.40. The second kappa shape index (κ2) is 4.98. The second-order valence-corrected chi connectivity index (χ2v) is 7.45. The van der Waals surface area contributed by atoms with Gasteiger partial charge in [-0.15, -0.1) is 0 Å². The summed E-state index contributed by atoms with van der Waals surface area (Å²) in [5, 5.41) is 2.68. The van der Waals surface area contributed by atoms with Crippen molar-refractivity contribution in [1.82, 2.24) is 15.2 Å². The number of allylic oxidation sites excluding steroid dienone is 2. The van der Waals surface area contributed by atoms with Gasteiger partial charge in [0.25, 0.3) is 5.91 Å². The van der Waals surface area contributed by atoms with Gasteiger partial charge < -0.3 is 10.2 Å². The molecule has 0 saturated carbocycles. The zero-order valence-electron chi connectivity index (χ0n) is 12.4. The molecule has 0 saturated heterocycles. The molecule has 1 aromatic heterocycles. The minimum Gasteiger partial charge on any atom is -0.380 e. The van der Waals surface area contributed by atoms with Crippen LogP contribution in [0.25, 0.3) is 0 Å². The Bertz CT molecular complexity index is 899. The minimum atomic E-state index is -3.85. The number of fused-ring (bicyclic) bond motifs is 1. The highest BCUT2D eigenvalue weighted by atomic mass is 32.2. The summed E-state index contributed by atoms with van der Waals surface area (Å²) >= 11 is 0. The number of sulfone groups is 1. The molecule has 0 fully saturated rings. The highest BCUT2D eigenvalue weighted by molar-refractivity contribution is 7.96. The molecular formula is C14H13N3O5S. The van der Waals surface area contributed by atoms with Crippen molar-refractivity contribution < 1.29 is 22.8 Å². The molecule has 0 radical (unpaired) electrons. The van der Waals surface area contributed by atoms with Gasteiger partial charge in [-0.1, -0.05) is 0 Å². The maximum absolute atomic E-state index is 12.5. The van der Waals surface area contributed by atoms with Gasteiger partial charge in [0.1, 0.15) is 22.0 Å². The smallest absolute Gasteiger partial charge is 0.271 e. The first-order valence-corrected chi connectivity index (χ1v) is 8.42. The molecule has 1 N–H and O–H groups in total. The summed E-state index contributed by atoms with van der Waals surface area (Å²) in [7, 11) is -0.806. The summed E-state index contributed by atoms with van der Waals surface area (Å²) in [5.41, 5.74) is -0.537. The van der Waals surface area contributed by atoms with E-state index in [0.717, 1.165) is 0 Å². The number of nitrogens with one attached hydrogen (secondary N) is 1. The van der Waals surface area contributed by atoms with Gasteiger partial charge in [-0.05, 0) is 12.1 Å². The molecule has 1 aliphatic carbocycles. The number of aromatic nitrogens is 1. The Kier molecular flexibility index (Phi) is 3.33. The first kappa shape index (κ1) is 15.3. The van der Waals surface area contributed by atoms with Crippen LogP contribution in [0.4, 0.5) is 0 Å². The van der Waals surface area contributed by atoms with Gasteiger partial charge in [0, 0.05) is 20.6 Å². The Balaban J connectivity index is 2.20. The highest BCUT2D eigenvalue weighted by Gasteiger charge is 2.42. The van der Waals surface area contributed by atoms with E-state index in [1.807, 2.05) is 0 Å². The van der Waals surface area contributed by atoms with Crippen LogP contribution in [0.15, 0.2) is 22.7 Å². The molecule has 0 spiro atoms. The summed E-state index contributed by atoms with van der Waals surface area (Å²) in [4.78, 5) is 41.6. The largest absolute Gasteiger partial charge is 0.380 e. The minimum absolute atomic E-state index is 0.00587. The Labute approximate surface area is 132 Å². The lowest BCUT2D eigenvalue weighted by Crippen LogP contribution is -2.41. The van der Waals surface area contributed by atoms with Gasteiger partial charge in [0.15, 0.2) is 9.84 Å². The van der Waals surface area contributed by atoms with Crippen molar-refractivity contribution in [2.24, 2.45) is 0 Å². The third-order valence-corrected chi connectivity index (χ3v) is 5.38. The van der Waals surface area contributed by atoms with Gasteiger partial charge in [-0.3, -0.25) is 14.4 Å². The van der Waals surface area contributed by atoms with E-state index in [4.69, 9.17) is 0 Å². The van der Waals surface area contributed by atoms with E-state index in [2.05, 4.69) is 10.3 Å². The first-order chi connectivity index (χ1) is 10.7. The van der Waals surface area contributed by atoms with Gasteiger partial charge in [0.05, 0.1) is 11.3 Å². The molecule has 0 unspecified atom stereocenters. The molecule has 3 rings (SSSR count). The maximum atomic E-state index is 12.5. The standard InChI is InChI=1S/C14H13N3O5S/c1-17(2)14(20)8-4-3-7-9(16-8)12(19)13-10(11(7)18)15-5-6-23(13,21)22/h3-4,15H,5-6H2,1-2H3. The molecular weight excluding hydrogens is 322 g/mol. The molecule has 0 atom stereocenters. The molecule has 9 heteroatoms. The number of hydrogen-bond donors (Lipinski definition) is 1. The number of Topliss-reactive ketones (excluding diaryl/α,β-unsaturated/α-hetero) is 2. The predicted molar refractivity (Wildman–Crippen MR) is 79.7 cm³/mol. The van der Waals surface area contributed by atoms with Crippen molar-refractivity contribution in [3.05, 3.63) is 39.7 Å². The van der Waals surface area contributed by atoms with Crippen molar-refractivity contribution in [3.63, 3.8) is 0 Å². The maximum Gasteiger partial charge on any atom is 0.271 e. The number of ketones is 2. The van der Waals surface area contributed by atoms with Crippen LogP contribution in [0.3, 0.4) is 0 Å². The summed E-state index contributed by atoms with van der Waals surface area (Å²) in [6.07, 6.45) is 0. The van der Waals surface area contributed by atoms with Gasteiger partial charge in [-0.25, -0.2) is 13.4 Å². The molecule has 1 aromatic rings. The predicted octanol–water partition coefficient (Wildman–Crippen LogP) is -0.608. The molecule has 2 aliphatic rings. The topological polar surface area (TPSA) is 114 Å². The number of carbonyl (C=O) groups is 3. The summed E-state index contributed by atoms with van der Waals surface area (Å²) < 4.78 is 24.3. The van der Waals surface area contributed by atoms with Gasteiger partial charge >= 0.3 is 0 Å². The monoisotopic (exact) mass is 335 g/mol. The van der Waals surface area contributed by atoms with Gasteiger partial charge in [-0.2, -0.15) is 0 Å². The summed E-state index contributed by atoms with van der Waals surface area (Å²) in [6.45, 7) is 0.0696. The number of hydrogen-bond acceptors (Lipinski definition) is 7. The van der Waals surface area contributed by atoms with Crippen molar-refractivity contribution in [2.45, 2.75) is 0 Å². The fraction of sp³-hybridized carbons (Fsp3) is 0.286. The molecule has 0 aromatic carbocycles. The first-order valence-electron chi connectivity index (χ1n) is 6.77. The van der Waals surface area contributed by atoms with Crippen molar-refractivity contribution in [3.8, 4) is 0 Å². The number of amides is 1. The van der Waals surface area contributed by atoms with E-state index >= 15 is 0 Å². The zero-order chi connectivity index (χ0) is 16.9. The van der Waals surface area contributed by atoms with E-state index in [1.165, 1.54) is 31.1 Å². The highest BCUT2D eigenvalue weighted by Crippen LogP contribution is 2.29. The van der Waals surface area contributed by atoms with Crippen LogP contribution < -0.4 is 5.32 Å². The average Bonchev–Trinajstić information content (AvgIpc) is 2.50. The Morgan fingerprint density at radius 1 is 1.22 bits per heavy atom. The SMILES string of the molecule is CN(C)C(=O)c1ccc2c(n1)C(=O)C1=C(NCCS1(=O)=O)C2=O. The zero-order valence-corrected chi connectivity index (χ0v) is 13.2. The van der Waals surface area contributed by atoms with E-state index < -0.39 is 32.2 Å². The van der Waals surface area contributed by atoms with E-state index in [9.17, 15) is 22.8 Å². The van der Waals surface area contributed by atoms with E-state index in [0.29, 0.717) is 0 Å². The number of carbonyl (C=O) groups excluding carboxylic acids is 3. The van der Waals surface area contributed by atoms with E-state index in [-0.39, 0.29) is 34.9 Å². The molecule has 0 bridgehead atoms. The van der Waals surface area contributed by atoms with Crippen molar-refractivity contribution >= 4 is 27.3 Å². The van der Waals surface area contributed by atoms with Crippen LogP contribution in [-0.2, 0) is 9.84 Å². The average molecular weight is 335 g/mol. The lowest BCUT2D eigenvalue weighted by molar-refractivity contribution is 0.0821. The van der Waals surface area contributed by atoms with Crippen LogP contribution in [0.2, 0.25) is 0 Å². The van der Waals surface area contributed by atoms with Crippen molar-refractivity contribution in [1.29, 1.82) is 0 Å². The van der Waals surface area contributed by atoms with Crippen molar-refractivity contribution in [2.75, 3.05) is 26.4 Å². The molecule has 120 valence electrons. The summed E-state index contributed by atoms with van der Waals surface area (Å²) in [5.74, 6) is -2.17. The van der Waals surface area contributed by atoms with Gasteiger partial charge in [0.2, 0.25) is 11.6 Å².